The zero-order valence-corrected chi connectivity index (χ0v) is 35.8. The van der Waals surface area contributed by atoms with Crippen molar-refractivity contribution in [2.24, 2.45) is 4.99 Å². The molecule has 4 aromatic rings. The van der Waals surface area contributed by atoms with Crippen LogP contribution < -0.4 is 20.9 Å². The Morgan fingerprint density at radius 2 is 1.59 bits per heavy atom. The van der Waals surface area contributed by atoms with Gasteiger partial charge in [-0.05, 0) is 82.0 Å². The summed E-state index contributed by atoms with van der Waals surface area (Å²) in [6, 6.07) is 14.7. The smallest absolute Gasteiger partial charge is 0.249 e. The Bertz CT molecular complexity index is 2170. The van der Waals surface area contributed by atoms with Crippen LogP contribution in [0.4, 0.5) is 5.69 Å². The number of nitrogens with one attached hydrogen (secondary N) is 3. The maximum absolute atomic E-state index is 13.3. The van der Waals surface area contributed by atoms with Crippen molar-refractivity contribution in [3.8, 4) is 5.00 Å². The van der Waals surface area contributed by atoms with E-state index in [2.05, 4.69) is 66.5 Å². The number of carbonyl (C=O) groups is 4. The molecule has 0 aliphatic carbocycles. The fraction of sp³-hybridized carbons (Fsp3) is 0.477. The lowest BCUT2D eigenvalue weighted by Crippen LogP contribution is -2.52. The highest BCUT2D eigenvalue weighted by atomic mass is 35.5. The van der Waals surface area contributed by atoms with Gasteiger partial charge in [-0.15, -0.1) is 21.5 Å². The molecule has 2 aromatic heterocycles. The number of imide groups is 1. The minimum Gasteiger partial charge on any atom is -0.369 e. The topological polar surface area (TPSA) is 154 Å². The van der Waals surface area contributed by atoms with Gasteiger partial charge >= 0.3 is 0 Å². The number of fused-ring (bicyclic) bond motifs is 3. The number of unbranched alkanes of at least 4 members (excludes halogenated alkanes) is 5. The van der Waals surface area contributed by atoms with Crippen molar-refractivity contribution in [2.45, 2.75) is 97.1 Å². The molecular formula is C44H54ClN9O4S. The number of hydrogen-bond acceptors (Lipinski definition) is 10. The van der Waals surface area contributed by atoms with E-state index in [9.17, 15) is 19.2 Å². The summed E-state index contributed by atoms with van der Waals surface area (Å²) in [5, 5.41) is 18.8. The summed E-state index contributed by atoms with van der Waals surface area (Å²) in [5.74, 6) is 0.470. The second kappa shape index (κ2) is 19.4. The van der Waals surface area contributed by atoms with Crippen molar-refractivity contribution < 1.29 is 19.2 Å². The molecule has 3 N–H and O–H groups in total. The molecule has 0 saturated carbocycles. The van der Waals surface area contributed by atoms with Gasteiger partial charge in [0.1, 0.15) is 22.9 Å². The average molecular weight is 840 g/mol. The van der Waals surface area contributed by atoms with Crippen LogP contribution in [0.5, 0.6) is 0 Å². The zero-order valence-electron chi connectivity index (χ0n) is 34.2. The van der Waals surface area contributed by atoms with Gasteiger partial charge in [-0.2, -0.15) is 0 Å². The van der Waals surface area contributed by atoms with Crippen molar-refractivity contribution in [3.63, 3.8) is 0 Å². The van der Waals surface area contributed by atoms with Crippen molar-refractivity contribution >= 4 is 58.0 Å². The lowest BCUT2D eigenvalue weighted by atomic mass is 9.99. The minimum absolute atomic E-state index is 0.0373. The maximum atomic E-state index is 13.3. The zero-order chi connectivity index (χ0) is 41.5. The number of carbonyl (C=O) groups excluding carboxylic acids is 4. The van der Waals surface area contributed by atoms with Gasteiger partial charge in [0.05, 0.1) is 18.6 Å². The van der Waals surface area contributed by atoms with E-state index >= 15 is 0 Å². The van der Waals surface area contributed by atoms with Crippen molar-refractivity contribution in [1.82, 2.24) is 35.6 Å². The number of rotatable bonds is 16. The van der Waals surface area contributed by atoms with E-state index < -0.39 is 18.0 Å². The van der Waals surface area contributed by atoms with Crippen LogP contribution in [0.3, 0.4) is 0 Å². The van der Waals surface area contributed by atoms with Gasteiger partial charge in [-0.25, -0.2) is 0 Å². The van der Waals surface area contributed by atoms with E-state index in [1.54, 1.807) is 11.3 Å². The van der Waals surface area contributed by atoms with Crippen LogP contribution >= 0.6 is 22.9 Å². The molecule has 2 aromatic carbocycles. The van der Waals surface area contributed by atoms with Gasteiger partial charge in [0.25, 0.3) is 0 Å². The Labute approximate surface area is 355 Å². The molecule has 1 unspecified atom stereocenters. The highest BCUT2D eigenvalue weighted by Crippen LogP contribution is 2.39. The number of thiophene rings is 1. The third-order valence-corrected chi connectivity index (χ3v) is 13.0. The van der Waals surface area contributed by atoms with Crippen LogP contribution in [0.25, 0.3) is 5.00 Å². The summed E-state index contributed by atoms with van der Waals surface area (Å²) in [6.07, 6.45) is 7.70. The largest absolute Gasteiger partial charge is 0.369 e. The van der Waals surface area contributed by atoms with Crippen LogP contribution in [-0.4, -0.2) is 94.3 Å². The Morgan fingerprint density at radius 1 is 0.881 bits per heavy atom. The summed E-state index contributed by atoms with van der Waals surface area (Å²) in [6.45, 7) is 11.9. The van der Waals surface area contributed by atoms with E-state index in [0.29, 0.717) is 23.8 Å². The van der Waals surface area contributed by atoms with Crippen molar-refractivity contribution in [1.29, 1.82) is 0 Å². The standard InChI is InChI=1S/C44H54ClN9O4S/c1-28-29(2)59-44-40(28)41(32-12-14-33(45)15-13-32)48-36(42-51-50-30(3)54(42)44)27-38(56)46-20-8-6-4-5-7-9-21-52-22-24-53(25-23-52)34-16-10-31(11-17-34)26-39(57)47-35-18-19-37(55)49-43(35)58/h10-17,35-36H,4-9,18-27H2,1-3H3,(H,46,56)(H,47,57)(H,49,55,58)/t35?,36-/m0/s1. The van der Waals surface area contributed by atoms with Crippen LogP contribution in [0.2, 0.25) is 5.02 Å². The van der Waals surface area contributed by atoms with Crippen molar-refractivity contribution in [3.05, 3.63) is 92.3 Å². The highest BCUT2D eigenvalue weighted by Gasteiger charge is 2.33. The van der Waals surface area contributed by atoms with Crippen LogP contribution in [0.15, 0.2) is 53.5 Å². The fourth-order valence-electron chi connectivity index (χ4n) is 8.09. The molecule has 15 heteroatoms. The van der Waals surface area contributed by atoms with Gasteiger partial charge in [0, 0.05) is 65.9 Å². The van der Waals surface area contributed by atoms with Crippen LogP contribution in [0, 0.1) is 20.8 Å². The Hall–Kier alpha value is -4.92. The number of benzene rings is 2. The number of hydrogen-bond donors (Lipinski definition) is 3. The molecule has 3 aliphatic heterocycles. The summed E-state index contributed by atoms with van der Waals surface area (Å²) < 4.78 is 2.08. The SMILES string of the molecule is Cc1sc2c(c1C)C(c1ccc(Cl)cc1)=N[C@@H](CC(=O)NCCCCCCCCN1CCN(c3ccc(CC(=O)NC4CCC(=O)NC4=O)cc3)CC1)c1nnc(C)n1-2. The molecule has 2 atom stereocenters. The molecule has 2 saturated heterocycles. The molecule has 7 rings (SSSR count). The number of nitrogens with zero attached hydrogens (tertiary/aromatic N) is 6. The van der Waals surface area contributed by atoms with E-state index in [-0.39, 0.29) is 37.0 Å². The molecule has 3 aliphatic rings. The van der Waals surface area contributed by atoms with Gasteiger partial charge in [-0.3, -0.25) is 39.0 Å². The predicted octanol–water partition coefficient (Wildman–Crippen LogP) is 5.93. The Balaban J connectivity index is 0.780. The number of aliphatic imine (C=N–C) groups is 1. The molecular weight excluding hydrogens is 786 g/mol. The second-order valence-corrected chi connectivity index (χ2v) is 17.5. The van der Waals surface area contributed by atoms with Crippen molar-refractivity contribution in [2.75, 3.05) is 44.2 Å². The summed E-state index contributed by atoms with van der Waals surface area (Å²) in [7, 11) is 0. The first kappa shape index (κ1) is 42.2. The fourth-order valence-corrected chi connectivity index (χ4v) is 9.43. The molecule has 13 nitrogen and oxygen atoms in total. The van der Waals surface area contributed by atoms with Gasteiger partial charge < -0.3 is 15.5 Å². The van der Waals surface area contributed by atoms with E-state index in [1.165, 1.54) is 29.7 Å². The number of halogens is 1. The molecule has 2 fully saturated rings. The molecule has 4 amide bonds. The van der Waals surface area contributed by atoms with E-state index in [1.807, 2.05) is 43.3 Å². The monoisotopic (exact) mass is 839 g/mol. The molecule has 0 radical (unpaired) electrons. The van der Waals surface area contributed by atoms with Gasteiger partial charge in [0.2, 0.25) is 23.6 Å². The third kappa shape index (κ3) is 10.5. The number of piperazine rings is 1. The van der Waals surface area contributed by atoms with E-state index in [0.717, 1.165) is 90.9 Å². The second-order valence-electron chi connectivity index (χ2n) is 15.8. The maximum Gasteiger partial charge on any atom is 0.249 e. The average Bonchev–Trinajstić information content (AvgIpc) is 3.70. The van der Waals surface area contributed by atoms with E-state index in [4.69, 9.17) is 16.6 Å². The van der Waals surface area contributed by atoms with Crippen LogP contribution in [0.1, 0.15) is 103 Å². The Kier molecular flexibility index (Phi) is 13.9. The number of piperidine rings is 1. The van der Waals surface area contributed by atoms with Crippen LogP contribution in [-0.2, 0) is 25.6 Å². The first-order valence-electron chi connectivity index (χ1n) is 20.9. The Morgan fingerprint density at radius 3 is 2.32 bits per heavy atom. The molecule has 59 heavy (non-hydrogen) atoms. The third-order valence-electron chi connectivity index (χ3n) is 11.6. The molecule has 0 spiro atoms. The summed E-state index contributed by atoms with van der Waals surface area (Å²) in [5.41, 5.74) is 6.06. The first-order valence-corrected chi connectivity index (χ1v) is 22.1. The summed E-state index contributed by atoms with van der Waals surface area (Å²) >= 11 is 7.94. The molecule has 5 heterocycles. The quantitative estimate of drug-likeness (QED) is 0.0928. The summed E-state index contributed by atoms with van der Waals surface area (Å²) in [4.78, 5) is 60.5. The lowest BCUT2D eigenvalue weighted by molar-refractivity contribution is -0.137. The number of anilines is 1. The normalized spacial score (nSPS) is 18.1. The highest BCUT2D eigenvalue weighted by molar-refractivity contribution is 7.15. The molecule has 312 valence electrons. The van der Waals surface area contributed by atoms with Gasteiger partial charge in [-0.1, -0.05) is 61.5 Å². The van der Waals surface area contributed by atoms with Gasteiger partial charge in [0.15, 0.2) is 5.82 Å². The first-order chi connectivity index (χ1) is 28.5. The number of aryl methyl sites for hydroxylation is 2. The minimum atomic E-state index is -0.653. The molecule has 0 bridgehead atoms. The predicted molar refractivity (Wildman–Crippen MR) is 232 cm³/mol. The lowest BCUT2D eigenvalue weighted by Gasteiger charge is -2.36. The number of aromatic nitrogens is 3. The number of amides is 4.